The molecule has 0 aliphatic heterocycles. The summed E-state index contributed by atoms with van der Waals surface area (Å²) in [6, 6.07) is 10.9. The quantitative estimate of drug-likeness (QED) is 0.505. The molecule has 3 aromatic rings. The predicted molar refractivity (Wildman–Crippen MR) is 111 cm³/mol. The van der Waals surface area contributed by atoms with Crippen molar-refractivity contribution in [2.45, 2.75) is 25.7 Å². The summed E-state index contributed by atoms with van der Waals surface area (Å²) >= 11 is 0. The van der Waals surface area contributed by atoms with Crippen molar-refractivity contribution >= 4 is 46.3 Å². The molecule has 3 N–H and O–H groups in total. The molecule has 7 nitrogen and oxygen atoms in total. The summed E-state index contributed by atoms with van der Waals surface area (Å²) in [7, 11) is 0. The zero-order valence-electron chi connectivity index (χ0n) is 15.0. The molecule has 0 spiro atoms. The molecular weight excluding hydrogens is 380 g/mol. The van der Waals surface area contributed by atoms with Crippen LogP contribution in [-0.4, -0.2) is 15.8 Å². The Labute approximate surface area is 167 Å². The first-order valence-electron chi connectivity index (χ1n) is 8.80. The third kappa shape index (κ3) is 3.61. The Balaban J connectivity index is 0.00000225. The van der Waals surface area contributed by atoms with Crippen LogP contribution in [0.1, 0.15) is 34.5 Å². The van der Waals surface area contributed by atoms with E-state index in [4.69, 9.17) is 10.7 Å². The number of nitrogens with two attached hydrogens (primary N) is 1. The van der Waals surface area contributed by atoms with Crippen molar-refractivity contribution in [1.29, 1.82) is 0 Å². The topological polar surface area (TPSA) is 111 Å². The summed E-state index contributed by atoms with van der Waals surface area (Å²) in [6.07, 6.45) is 4.13. The maximum Gasteiger partial charge on any atom is 0.269 e. The van der Waals surface area contributed by atoms with Crippen molar-refractivity contribution in [3.8, 4) is 0 Å². The Morgan fingerprint density at radius 3 is 2.54 bits per heavy atom. The van der Waals surface area contributed by atoms with Crippen LogP contribution in [0.3, 0.4) is 0 Å². The Hall–Kier alpha value is -3.19. The largest absolute Gasteiger partial charge is 0.398 e. The van der Waals surface area contributed by atoms with Gasteiger partial charge in [-0.15, -0.1) is 12.4 Å². The molecule has 28 heavy (non-hydrogen) atoms. The van der Waals surface area contributed by atoms with E-state index >= 15 is 0 Å². The summed E-state index contributed by atoms with van der Waals surface area (Å²) in [6.45, 7) is 0. The van der Waals surface area contributed by atoms with E-state index in [-0.39, 0.29) is 24.0 Å². The van der Waals surface area contributed by atoms with Gasteiger partial charge in [0.15, 0.2) is 0 Å². The molecule has 1 heterocycles. The molecule has 2 aromatic carbocycles. The molecule has 0 unspecified atom stereocenters. The van der Waals surface area contributed by atoms with Gasteiger partial charge in [-0.1, -0.05) is 0 Å². The first kappa shape index (κ1) is 19.6. The van der Waals surface area contributed by atoms with E-state index in [1.54, 1.807) is 6.07 Å². The van der Waals surface area contributed by atoms with Gasteiger partial charge in [-0.05, 0) is 61.6 Å². The lowest BCUT2D eigenvalue weighted by Gasteiger charge is -2.19. The molecular formula is C20H19ClN4O3. The highest BCUT2D eigenvalue weighted by Crippen LogP contribution is 2.32. The zero-order chi connectivity index (χ0) is 19.0. The van der Waals surface area contributed by atoms with Gasteiger partial charge >= 0.3 is 0 Å². The molecule has 8 heteroatoms. The number of carbonyl (C=O) groups is 1. The van der Waals surface area contributed by atoms with E-state index in [0.29, 0.717) is 11.3 Å². The number of nitrogens with one attached hydrogen (secondary N) is 1. The number of pyridine rings is 1. The molecule has 0 radical (unpaired) electrons. The monoisotopic (exact) mass is 398 g/mol. The van der Waals surface area contributed by atoms with E-state index in [2.05, 4.69) is 5.32 Å². The standard InChI is InChI=1S/C20H18N4O3.ClH/c21-19-15-3-1-2-4-17(15)23-18-10-7-13(11-16(18)19)22-20(25)12-5-8-14(9-6-12)24(26)27;/h5-11H,1-4H2,(H2,21,23)(H,22,25);1H. The fourth-order valence-electron chi connectivity index (χ4n) is 3.48. The number of nitro groups is 1. The third-order valence-electron chi connectivity index (χ3n) is 4.90. The molecule has 1 amide bonds. The lowest BCUT2D eigenvalue weighted by molar-refractivity contribution is -0.384. The van der Waals surface area contributed by atoms with Crippen molar-refractivity contribution in [3.63, 3.8) is 0 Å². The summed E-state index contributed by atoms with van der Waals surface area (Å²) in [4.78, 5) is 27.4. The van der Waals surface area contributed by atoms with Crippen LogP contribution in [0.15, 0.2) is 42.5 Å². The van der Waals surface area contributed by atoms with E-state index < -0.39 is 4.92 Å². The fraction of sp³-hybridized carbons (Fsp3) is 0.200. The number of aromatic nitrogens is 1. The van der Waals surface area contributed by atoms with Crippen LogP contribution in [0, 0.1) is 10.1 Å². The molecule has 0 saturated heterocycles. The van der Waals surface area contributed by atoms with Crippen molar-refractivity contribution in [2.24, 2.45) is 0 Å². The van der Waals surface area contributed by atoms with Crippen molar-refractivity contribution in [1.82, 2.24) is 4.98 Å². The van der Waals surface area contributed by atoms with Gasteiger partial charge in [0.05, 0.1) is 10.4 Å². The number of halogens is 1. The maximum absolute atomic E-state index is 12.4. The number of aryl methyl sites for hydroxylation is 1. The van der Waals surface area contributed by atoms with Crippen LogP contribution >= 0.6 is 12.4 Å². The van der Waals surface area contributed by atoms with Gasteiger partial charge in [0.25, 0.3) is 11.6 Å². The van der Waals surface area contributed by atoms with E-state index in [1.165, 1.54) is 24.3 Å². The summed E-state index contributed by atoms with van der Waals surface area (Å²) in [5, 5.41) is 14.4. The zero-order valence-corrected chi connectivity index (χ0v) is 15.8. The maximum atomic E-state index is 12.4. The first-order valence-corrected chi connectivity index (χ1v) is 8.80. The Kier molecular flexibility index (Phi) is 5.46. The van der Waals surface area contributed by atoms with E-state index in [1.807, 2.05) is 12.1 Å². The Morgan fingerprint density at radius 2 is 1.82 bits per heavy atom. The van der Waals surface area contributed by atoms with Gasteiger partial charge in [0.2, 0.25) is 0 Å². The van der Waals surface area contributed by atoms with Gasteiger partial charge in [-0.2, -0.15) is 0 Å². The van der Waals surface area contributed by atoms with Crippen LogP contribution in [0.4, 0.5) is 17.1 Å². The van der Waals surface area contributed by atoms with Gasteiger partial charge in [-0.25, -0.2) is 0 Å². The van der Waals surface area contributed by atoms with Crippen LogP contribution in [0.5, 0.6) is 0 Å². The Bertz CT molecular complexity index is 1070. The summed E-state index contributed by atoms with van der Waals surface area (Å²) < 4.78 is 0. The molecule has 1 aliphatic carbocycles. The number of amides is 1. The average molecular weight is 399 g/mol. The number of nitrogen functional groups attached to an aromatic ring is 1. The SMILES string of the molecule is Cl.Nc1c2c(nc3ccc(NC(=O)c4ccc([N+](=O)[O-])cc4)cc13)CCCC2. The highest BCUT2D eigenvalue weighted by atomic mass is 35.5. The summed E-state index contributed by atoms with van der Waals surface area (Å²) in [5.41, 5.74) is 11.0. The number of nitro benzene ring substituents is 1. The number of hydrogen-bond donors (Lipinski definition) is 2. The van der Waals surface area contributed by atoms with Gasteiger partial charge in [-0.3, -0.25) is 19.9 Å². The number of anilines is 2. The van der Waals surface area contributed by atoms with Crippen LogP contribution in [-0.2, 0) is 12.8 Å². The first-order chi connectivity index (χ1) is 13.0. The number of benzene rings is 2. The molecule has 144 valence electrons. The highest BCUT2D eigenvalue weighted by Gasteiger charge is 2.17. The van der Waals surface area contributed by atoms with Crippen molar-refractivity contribution < 1.29 is 9.72 Å². The second-order valence-corrected chi connectivity index (χ2v) is 6.65. The molecule has 1 aliphatic rings. The average Bonchev–Trinajstić information content (AvgIpc) is 2.69. The van der Waals surface area contributed by atoms with E-state index in [0.717, 1.165) is 53.5 Å². The highest BCUT2D eigenvalue weighted by molar-refractivity contribution is 6.06. The molecule has 0 bridgehead atoms. The normalized spacial score (nSPS) is 12.7. The number of fused-ring (bicyclic) bond motifs is 2. The lowest BCUT2D eigenvalue weighted by atomic mass is 9.93. The number of rotatable bonds is 3. The predicted octanol–water partition coefficient (Wildman–Crippen LogP) is 4.28. The van der Waals surface area contributed by atoms with Gasteiger partial charge in [0.1, 0.15) is 0 Å². The summed E-state index contributed by atoms with van der Waals surface area (Å²) in [5.74, 6) is -0.339. The molecule has 0 fully saturated rings. The molecule has 0 atom stereocenters. The van der Waals surface area contributed by atoms with Crippen LogP contribution in [0.2, 0.25) is 0 Å². The minimum absolute atomic E-state index is 0. The second kappa shape index (κ2) is 7.82. The third-order valence-corrected chi connectivity index (χ3v) is 4.90. The minimum atomic E-state index is -0.499. The van der Waals surface area contributed by atoms with Gasteiger partial charge < -0.3 is 11.1 Å². The number of carbonyl (C=O) groups excluding carboxylic acids is 1. The molecule has 4 rings (SSSR count). The number of nitrogens with zero attached hydrogens (tertiary/aromatic N) is 2. The minimum Gasteiger partial charge on any atom is -0.398 e. The second-order valence-electron chi connectivity index (χ2n) is 6.65. The van der Waals surface area contributed by atoms with Gasteiger partial charge in [0, 0.05) is 40.2 Å². The van der Waals surface area contributed by atoms with E-state index in [9.17, 15) is 14.9 Å². The number of hydrogen-bond acceptors (Lipinski definition) is 5. The number of non-ortho nitro benzene ring substituents is 1. The van der Waals surface area contributed by atoms with Crippen LogP contribution in [0.25, 0.3) is 10.9 Å². The lowest BCUT2D eigenvalue weighted by Crippen LogP contribution is -2.12. The smallest absolute Gasteiger partial charge is 0.269 e. The van der Waals surface area contributed by atoms with Crippen LogP contribution < -0.4 is 11.1 Å². The molecule has 1 aromatic heterocycles. The molecule has 0 saturated carbocycles. The Morgan fingerprint density at radius 1 is 1.11 bits per heavy atom. The van der Waals surface area contributed by atoms with Crippen molar-refractivity contribution in [2.75, 3.05) is 11.1 Å². The fourth-order valence-corrected chi connectivity index (χ4v) is 3.48. The van der Waals surface area contributed by atoms with Crippen molar-refractivity contribution in [3.05, 3.63) is 69.4 Å².